The number of aryl methyl sites for hydroxylation is 1. The van der Waals surface area contributed by atoms with Gasteiger partial charge in [0.15, 0.2) is 0 Å². The maximum atomic E-state index is 5.98. The van der Waals surface area contributed by atoms with Gasteiger partial charge in [-0.15, -0.1) is 5.10 Å². The summed E-state index contributed by atoms with van der Waals surface area (Å²) in [6, 6.07) is 0.105. The summed E-state index contributed by atoms with van der Waals surface area (Å²) in [7, 11) is 1.81. The minimum absolute atomic E-state index is 0.105. The molecule has 0 amide bonds. The van der Waals surface area contributed by atoms with Crippen molar-refractivity contribution in [2.45, 2.75) is 57.7 Å². The first-order valence-electron chi connectivity index (χ1n) is 8.02. The molecule has 1 unspecified atom stereocenters. The molecule has 0 radical (unpaired) electrons. The van der Waals surface area contributed by atoms with Gasteiger partial charge in [-0.3, -0.25) is 0 Å². The van der Waals surface area contributed by atoms with Crippen LogP contribution in [-0.4, -0.2) is 47.5 Å². The molecule has 21 heavy (non-hydrogen) atoms. The third-order valence-corrected chi connectivity index (χ3v) is 4.25. The smallest absolute Gasteiger partial charge is 0.0932 e. The molecular formula is C15H28N4O2. The second-order valence-corrected chi connectivity index (χ2v) is 5.65. The van der Waals surface area contributed by atoms with Gasteiger partial charge >= 0.3 is 0 Å². The fourth-order valence-electron chi connectivity index (χ4n) is 3.05. The van der Waals surface area contributed by atoms with Crippen LogP contribution in [0.5, 0.6) is 0 Å². The molecule has 0 aliphatic carbocycles. The van der Waals surface area contributed by atoms with Gasteiger partial charge in [-0.25, -0.2) is 4.68 Å². The van der Waals surface area contributed by atoms with E-state index in [0.717, 1.165) is 57.7 Å². The highest BCUT2D eigenvalue weighted by Crippen LogP contribution is 2.37. The molecule has 6 nitrogen and oxygen atoms in total. The van der Waals surface area contributed by atoms with E-state index < -0.39 is 0 Å². The lowest BCUT2D eigenvalue weighted by Crippen LogP contribution is -2.50. The maximum Gasteiger partial charge on any atom is 0.0932 e. The van der Waals surface area contributed by atoms with E-state index in [1.54, 1.807) is 7.11 Å². The maximum absolute atomic E-state index is 5.98. The summed E-state index contributed by atoms with van der Waals surface area (Å²) in [4.78, 5) is 0. The molecule has 1 atom stereocenters. The first-order chi connectivity index (χ1) is 10.3. The first kappa shape index (κ1) is 16.4. The first-order valence-corrected chi connectivity index (χ1v) is 8.02. The van der Waals surface area contributed by atoms with Crippen molar-refractivity contribution < 1.29 is 9.47 Å². The van der Waals surface area contributed by atoms with Gasteiger partial charge in [-0.1, -0.05) is 19.1 Å². The lowest BCUT2D eigenvalue weighted by Gasteiger charge is -2.42. The van der Waals surface area contributed by atoms with Crippen LogP contribution < -0.4 is 5.32 Å². The van der Waals surface area contributed by atoms with Crippen LogP contribution in [0.3, 0.4) is 0 Å². The highest BCUT2D eigenvalue weighted by atomic mass is 16.5. The number of nitrogens with one attached hydrogen (secondary N) is 1. The lowest BCUT2D eigenvalue weighted by molar-refractivity contribution is -0.113. The molecule has 1 N–H and O–H groups in total. The van der Waals surface area contributed by atoms with Gasteiger partial charge in [-0.2, -0.15) is 0 Å². The van der Waals surface area contributed by atoms with Crippen molar-refractivity contribution in [1.29, 1.82) is 0 Å². The zero-order valence-corrected chi connectivity index (χ0v) is 13.5. The zero-order valence-electron chi connectivity index (χ0n) is 13.5. The van der Waals surface area contributed by atoms with Gasteiger partial charge in [0.05, 0.1) is 23.5 Å². The van der Waals surface area contributed by atoms with Crippen molar-refractivity contribution in [2.24, 2.45) is 0 Å². The largest absolute Gasteiger partial charge is 0.381 e. The van der Waals surface area contributed by atoms with Gasteiger partial charge < -0.3 is 14.8 Å². The van der Waals surface area contributed by atoms with E-state index in [4.69, 9.17) is 9.47 Å². The van der Waals surface area contributed by atoms with Crippen LogP contribution in [0.4, 0.5) is 0 Å². The Bertz CT molecular complexity index is 416. The SMILES string of the molecule is CCCNC(c1cnnn1CCC)C1(OC)CCOCC1. The molecule has 1 aromatic heterocycles. The highest BCUT2D eigenvalue weighted by molar-refractivity contribution is 5.11. The monoisotopic (exact) mass is 296 g/mol. The fraction of sp³-hybridized carbons (Fsp3) is 0.867. The molecule has 2 heterocycles. The summed E-state index contributed by atoms with van der Waals surface area (Å²) in [5.74, 6) is 0. The van der Waals surface area contributed by atoms with Crippen LogP contribution in [0.15, 0.2) is 6.20 Å². The average molecular weight is 296 g/mol. The molecule has 2 rings (SSSR count). The number of methoxy groups -OCH3 is 1. The van der Waals surface area contributed by atoms with Crippen molar-refractivity contribution in [2.75, 3.05) is 26.9 Å². The second-order valence-electron chi connectivity index (χ2n) is 5.65. The number of rotatable bonds is 8. The lowest BCUT2D eigenvalue weighted by atomic mass is 9.84. The molecule has 6 heteroatoms. The van der Waals surface area contributed by atoms with Crippen LogP contribution in [0.2, 0.25) is 0 Å². The number of hydrogen-bond acceptors (Lipinski definition) is 5. The Morgan fingerprint density at radius 3 is 2.76 bits per heavy atom. The molecule has 0 bridgehead atoms. The summed E-state index contributed by atoms with van der Waals surface area (Å²) in [5.41, 5.74) is 0.884. The normalized spacial score (nSPS) is 19.6. The van der Waals surface area contributed by atoms with Gasteiger partial charge in [0, 0.05) is 39.7 Å². The molecule has 0 saturated carbocycles. The molecule has 0 spiro atoms. The molecule has 1 fully saturated rings. The number of ether oxygens (including phenoxy) is 2. The Hall–Kier alpha value is -0.980. The predicted octanol–water partition coefficient (Wildman–Crippen LogP) is 1.92. The molecule has 0 aromatic carbocycles. The minimum Gasteiger partial charge on any atom is -0.381 e. The van der Waals surface area contributed by atoms with Crippen LogP contribution in [0, 0.1) is 0 Å². The van der Waals surface area contributed by atoms with Gasteiger partial charge in [0.1, 0.15) is 0 Å². The number of nitrogens with zero attached hydrogens (tertiary/aromatic N) is 3. The van der Waals surface area contributed by atoms with E-state index >= 15 is 0 Å². The van der Waals surface area contributed by atoms with E-state index in [-0.39, 0.29) is 11.6 Å². The summed E-state index contributed by atoms with van der Waals surface area (Å²) in [5, 5.41) is 12.0. The molecule has 120 valence electrons. The molecular weight excluding hydrogens is 268 g/mol. The summed E-state index contributed by atoms with van der Waals surface area (Å²) >= 11 is 0. The Morgan fingerprint density at radius 2 is 2.14 bits per heavy atom. The summed E-state index contributed by atoms with van der Waals surface area (Å²) in [6.07, 6.45) is 5.78. The number of hydrogen-bond donors (Lipinski definition) is 1. The summed E-state index contributed by atoms with van der Waals surface area (Å²) in [6.45, 7) is 7.65. The Morgan fingerprint density at radius 1 is 1.38 bits per heavy atom. The van der Waals surface area contributed by atoms with Crippen molar-refractivity contribution >= 4 is 0 Å². The highest BCUT2D eigenvalue weighted by Gasteiger charge is 2.42. The van der Waals surface area contributed by atoms with E-state index in [1.807, 2.05) is 10.9 Å². The zero-order chi connectivity index (χ0) is 15.1. The number of aromatic nitrogens is 3. The van der Waals surface area contributed by atoms with Gasteiger partial charge in [0.25, 0.3) is 0 Å². The predicted molar refractivity (Wildman–Crippen MR) is 81.1 cm³/mol. The van der Waals surface area contributed by atoms with Gasteiger partial charge in [0.2, 0.25) is 0 Å². The van der Waals surface area contributed by atoms with E-state index in [9.17, 15) is 0 Å². The average Bonchev–Trinajstić information content (AvgIpc) is 2.97. The van der Waals surface area contributed by atoms with Crippen molar-refractivity contribution in [3.63, 3.8) is 0 Å². The molecule has 1 aliphatic heterocycles. The van der Waals surface area contributed by atoms with Crippen molar-refractivity contribution in [1.82, 2.24) is 20.3 Å². The van der Waals surface area contributed by atoms with E-state index in [2.05, 4.69) is 29.5 Å². The Labute approximate surface area is 127 Å². The van der Waals surface area contributed by atoms with Crippen LogP contribution in [0.1, 0.15) is 51.3 Å². The quantitative estimate of drug-likeness (QED) is 0.794. The topological polar surface area (TPSA) is 61.2 Å². The van der Waals surface area contributed by atoms with Crippen LogP contribution >= 0.6 is 0 Å². The van der Waals surface area contributed by atoms with Gasteiger partial charge in [-0.05, 0) is 19.4 Å². The summed E-state index contributed by atoms with van der Waals surface area (Å²) < 4.78 is 13.5. The molecule has 1 aromatic rings. The van der Waals surface area contributed by atoms with E-state index in [1.165, 1.54) is 0 Å². The fourth-order valence-corrected chi connectivity index (χ4v) is 3.05. The van der Waals surface area contributed by atoms with Crippen molar-refractivity contribution in [3.8, 4) is 0 Å². The molecule has 1 saturated heterocycles. The third kappa shape index (κ3) is 3.62. The molecule has 1 aliphatic rings. The van der Waals surface area contributed by atoms with E-state index in [0.29, 0.717) is 0 Å². The third-order valence-electron chi connectivity index (χ3n) is 4.25. The Kier molecular flexibility index (Phi) is 6.14. The van der Waals surface area contributed by atoms with Crippen molar-refractivity contribution in [3.05, 3.63) is 11.9 Å². The standard InChI is InChI=1S/C15H28N4O2/c1-4-8-16-14(13-12-17-18-19(13)9-5-2)15(20-3)6-10-21-11-7-15/h12,14,16H,4-11H2,1-3H3. The Balaban J connectivity index is 2.29. The second kappa shape index (κ2) is 7.87. The van der Waals surface area contributed by atoms with Crippen LogP contribution in [-0.2, 0) is 16.0 Å². The minimum atomic E-state index is -0.235. The van der Waals surface area contributed by atoms with Crippen LogP contribution in [0.25, 0.3) is 0 Å².